The molecule has 0 bridgehead atoms. The van der Waals surface area contributed by atoms with Gasteiger partial charge in [-0.25, -0.2) is 0 Å². The summed E-state index contributed by atoms with van der Waals surface area (Å²) in [7, 11) is 0. The number of hydrogen-bond acceptors (Lipinski definition) is 4. The average Bonchev–Trinajstić information content (AvgIpc) is 3.15. The predicted molar refractivity (Wildman–Crippen MR) is 104 cm³/mol. The number of carbonyl (C=O) groups is 2. The second-order valence-electron chi connectivity index (χ2n) is 6.61. The molecule has 26 heavy (non-hydrogen) atoms. The van der Waals surface area contributed by atoms with Crippen molar-refractivity contribution in [2.75, 3.05) is 32.7 Å². The van der Waals surface area contributed by atoms with Crippen LogP contribution >= 0.6 is 11.3 Å². The van der Waals surface area contributed by atoms with Gasteiger partial charge < -0.3 is 10.2 Å². The first kappa shape index (κ1) is 18.6. The first-order chi connectivity index (χ1) is 12.6. The van der Waals surface area contributed by atoms with Crippen LogP contribution < -0.4 is 5.32 Å². The van der Waals surface area contributed by atoms with Crippen LogP contribution in [0.3, 0.4) is 0 Å². The molecule has 1 aliphatic heterocycles. The lowest BCUT2D eigenvalue weighted by Gasteiger charge is -2.34. The van der Waals surface area contributed by atoms with Crippen LogP contribution in [-0.2, 0) is 11.3 Å². The number of piperazine rings is 1. The van der Waals surface area contributed by atoms with Crippen LogP contribution in [0.1, 0.15) is 27.9 Å². The summed E-state index contributed by atoms with van der Waals surface area (Å²) in [4.78, 5) is 28.8. The largest absolute Gasteiger partial charge is 0.352 e. The minimum atomic E-state index is -0.114. The molecule has 0 unspecified atom stereocenters. The predicted octanol–water partition coefficient (Wildman–Crippen LogP) is 2.52. The van der Waals surface area contributed by atoms with E-state index in [2.05, 4.69) is 27.0 Å². The van der Waals surface area contributed by atoms with Gasteiger partial charge in [-0.2, -0.15) is 11.3 Å². The number of nitrogens with one attached hydrogen (secondary N) is 1. The quantitative estimate of drug-likeness (QED) is 0.849. The van der Waals surface area contributed by atoms with Crippen molar-refractivity contribution in [1.82, 2.24) is 15.1 Å². The molecule has 2 amide bonds. The Balaban J connectivity index is 1.38. The Labute approximate surface area is 158 Å². The van der Waals surface area contributed by atoms with Gasteiger partial charge in [-0.15, -0.1) is 0 Å². The molecule has 0 aliphatic carbocycles. The molecule has 5 nitrogen and oxygen atoms in total. The summed E-state index contributed by atoms with van der Waals surface area (Å²) in [6.07, 6.45) is 0.349. The lowest BCUT2D eigenvalue weighted by molar-refractivity contribution is -0.132. The highest BCUT2D eigenvalue weighted by molar-refractivity contribution is 7.07. The van der Waals surface area contributed by atoms with Gasteiger partial charge in [0.2, 0.25) is 5.91 Å². The van der Waals surface area contributed by atoms with Crippen molar-refractivity contribution in [3.8, 4) is 0 Å². The van der Waals surface area contributed by atoms with Gasteiger partial charge in [-0.05, 0) is 40.9 Å². The van der Waals surface area contributed by atoms with Crippen LogP contribution in [0, 0.1) is 6.92 Å². The molecule has 1 saturated heterocycles. The molecule has 2 heterocycles. The number of amides is 2. The van der Waals surface area contributed by atoms with Crippen molar-refractivity contribution in [3.63, 3.8) is 0 Å². The van der Waals surface area contributed by atoms with Crippen molar-refractivity contribution in [3.05, 3.63) is 57.8 Å². The number of benzene rings is 1. The molecule has 0 saturated carbocycles. The van der Waals surface area contributed by atoms with Crippen LogP contribution in [0.25, 0.3) is 0 Å². The summed E-state index contributed by atoms with van der Waals surface area (Å²) in [6, 6.07) is 9.63. The van der Waals surface area contributed by atoms with E-state index in [9.17, 15) is 9.59 Å². The Morgan fingerprint density at radius 2 is 1.88 bits per heavy atom. The van der Waals surface area contributed by atoms with Gasteiger partial charge in [0.1, 0.15) is 0 Å². The maximum atomic E-state index is 12.4. The third-order valence-electron chi connectivity index (χ3n) is 4.73. The van der Waals surface area contributed by atoms with Crippen LogP contribution in [-0.4, -0.2) is 54.3 Å². The van der Waals surface area contributed by atoms with E-state index >= 15 is 0 Å². The number of carbonyl (C=O) groups excluding carboxylic acids is 2. The molecular weight excluding hydrogens is 346 g/mol. The molecule has 0 spiro atoms. The summed E-state index contributed by atoms with van der Waals surface area (Å²) >= 11 is 1.72. The summed E-state index contributed by atoms with van der Waals surface area (Å²) in [5, 5.41) is 7.13. The standard InChI is InChI=1S/C20H25N3O2S/c1-16-4-2-3-5-18(16)20(25)21-8-6-19(24)23-11-9-22(10-12-23)14-17-7-13-26-15-17/h2-5,7,13,15H,6,8-12,14H2,1H3,(H,21,25). The molecule has 0 radical (unpaired) electrons. The van der Waals surface area contributed by atoms with Gasteiger partial charge in [0.15, 0.2) is 0 Å². The van der Waals surface area contributed by atoms with E-state index in [0.717, 1.165) is 38.3 Å². The van der Waals surface area contributed by atoms with Crippen LogP contribution in [0.5, 0.6) is 0 Å². The number of hydrogen-bond donors (Lipinski definition) is 1. The summed E-state index contributed by atoms with van der Waals surface area (Å²) < 4.78 is 0. The summed E-state index contributed by atoms with van der Waals surface area (Å²) in [6.45, 7) is 6.56. The third kappa shape index (κ3) is 4.93. The fourth-order valence-corrected chi connectivity index (χ4v) is 3.82. The van der Waals surface area contributed by atoms with Gasteiger partial charge in [-0.3, -0.25) is 14.5 Å². The molecule has 0 atom stereocenters. The van der Waals surface area contributed by atoms with E-state index in [1.54, 1.807) is 17.4 Å². The second-order valence-corrected chi connectivity index (χ2v) is 7.39. The molecule has 1 aromatic heterocycles. The second kappa shape index (κ2) is 8.96. The normalized spacial score (nSPS) is 15.0. The maximum absolute atomic E-state index is 12.4. The minimum absolute atomic E-state index is 0.114. The van der Waals surface area contributed by atoms with E-state index in [-0.39, 0.29) is 11.8 Å². The number of nitrogens with zero attached hydrogens (tertiary/aromatic N) is 2. The smallest absolute Gasteiger partial charge is 0.251 e. The van der Waals surface area contributed by atoms with Gasteiger partial charge in [-0.1, -0.05) is 18.2 Å². The molecule has 1 aromatic carbocycles. The molecule has 2 aromatic rings. The zero-order valence-corrected chi connectivity index (χ0v) is 15.9. The monoisotopic (exact) mass is 371 g/mol. The van der Waals surface area contributed by atoms with Crippen molar-refractivity contribution >= 4 is 23.2 Å². The minimum Gasteiger partial charge on any atom is -0.352 e. The number of aryl methyl sites for hydroxylation is 1. The zero-order chi connectivity index (χ0) is 18.4. The molecule has 3 rings (SSSR count). The van der Waals surface area contributed by atoms with Gasteiger partial charge in [0.25, 0.3) is 5.91 Å². The Hall–Kier alpha value is -2.18. The SMILES string of the molecule is Cc1ccccc1C(=O)NCCC(=O)N1CCN(Cc2ccsc2)CC1. The summed E-state index contributed by atoms with van der Waals surface area (Å²) in [5.41, 5.74) is 2.95. The van der Waals surface area contributed by atoms with E-state index in [1.165, 1.54) is 5.56 Å². The van der Waals surface area contributed by atoms with Gasteiger partial charge in [0.05, 0.1) is 0 Å². The Morgan fingerprint density at radius 1 is 1.12 bits per heavy atom. The Morgan fingerprint density at radius 3 is 2.58 bits per heavy atom. The maximum Gasteiger partial charge on any atom is 0.251 e. The Kier molecular flexibility index (Phi) is 6.41. The molecule has 138 valence electrons. The number of thiophene rings is 1. The van der Waals surface area contributed by atoms with Gasteiger partial charge >= 0.3 is 0 Å². The fourth-order valence-electron chi connectivity index (χ4n) is 3.16. The van der Waals surface area contributed by atoms with Crippen LogP contribution in [0.15, 0.2) is 41.1 Å². The van der Waals surface area contributed by atoms with E-state index < -0.39 is 0 Å². The zero-order valence-electron chi connectivity index (χ0n) is 15.1. The topological polar surface area (TPSA) is 52.7 Å². The van der Waals surface area contributed by atoms with Crippen molar-refractivity contribution in [1.29, 1.82) is 0 Å². The van der Waals surface area contributed by atoms with Crippen LogP contribution in [0.4, 0.5) is 0 Å². The third-order valence-corrected chi connectivity index (χ3v) is 5.46. The van der Waals surface area contributed by atoms with Crippen molar-refractivity contribution in [2.24, 2.45) is 0 Å². The summed E-state index contributed by atoms with van der Waals surface area (Å²) in [5.74, 6) is 0.00162. The van der Waals surface area contributed by atoms with E-state index in [0.29, 0.717) is 18.5 Å². The van der Waals surface area contributed by atoms with E-state index in [4.69, 9.17) is 0 Å². The molecule has 1 N–H and O–H groups in total. The van der Waals surface area contributed by atoms with Crippen molar-refractivity contribution < 1.29 is 9.59 Å². The van der Waals surface area contributed by atoms with E-state index in [1.807, 2.05) is 30.0 Å². The fraction of sp³-hybridized carbons (Fsp3) is 0.400. The van der Waals surface area contributed by atoms with Gasteiger partial charge in [0, 0.05) is 51.3 Å². The first-order valence-electron chi connectivity index (χ1n) is 8.98. The first-order valence-corrected chi connectivity index (χ1v) is 9.93. The van der Waals surface area contributed by atoms with Crippen LogP contribution in [0.2, 0.25) is 0 Å². The Bertz CT molecular complexity index is 737. The number of rotatable bonds is 6. The highest BCUT2D eigenvalue weighted by Gasteiger charge is 2.21. The van der Waals surface area contributed by atoms with Crippen molar-refractivity contribution in [2.45, 2.75) is 19.9 Å². The molecule has 1 aliphatic rings. The highest BCUT2D eigenvalue weighted by atomic mass is 32.1. The lowest BCUT2D eigenvalue weighted by atomic mass is 10.1. The highest BCUT2D eigenvalue weighted by Crippen LogP contribution is 2.12. The molecule has 6 heteroatoms. The molecule has 1 fully saturated rings. The molecular formula is C20H25N3O2S. The average molecular weight is 372 g/mol. The lowest BCUT2D eigenvalue weighted by Crippen LogP contribution is -2.48.